The highest BCUT2D eigenvalue weighted by atomic mass is 16.2. The first-order valence-electron chi connectivity index (χ1n) is 5.27. The van der Waals surface area contributed by atoms with Crippen LogP contribution in [0.3, 0.4) is 0 Å². The van der Waals surface area contributed by atoms with E-state index in [0.717, 1.165) is 19.5 Å². The summed E-state index contributed by atoms with van der Waals surface area (Å²) in [4.78, 5) is 11.8. The molecule has 1 aliphatic heterocycles. The molecule has 0 radical (unpaired) electrons. The van der Waals surface area contributed by atoms with Crippen LogP contribution < -0.4 is 10.6 Å². The summed E-state index contributed by atoms with van der Waals surface area (Å²) >= 11 is 0. The van der Waals surface area contributed by atoms with Crippen LogP contribution in [-0.4, -0.2) is 34.8 Å². The van der Waals surface area contributed by atoms with Gasteiger partial charge in [0, 0.05) is 25.0 Å². The summed E-state index contributed by atoms with van der Waals surface area (Å²) in [5.41, 5.74) is 0. The molecule has 1 unspecified atom stereocenters. The van der Waals surface area contributed by atoms with Crippen LogP contribution in [-0.2, 0) is 4.79 Å². The first-order valence-corrected chi connectivity index (χ1v) is 5.27. The zero-order chi connectivity index (χ0) is 10.7. The fourth-order valence-corrected chi connectivity index (χ4v) is 1.73. The van der Waals surface area contributed by atoms with Gasteiger partial charge in [-0.25, -0.2) is 0 Å². The summed E-state index contributed by atoms with van der Waals surface area (Å²) in [5, 5.41) is 10.3. The van der Waals surface area contributed by atoms with Gasteiger partial charge in [0.15, 0.2) is 0 Å². The largest absolute Gasteiger partial charge is 0.350 e. The molecule has 2 N–H and O–H groups in total. The average Bonchev–Trinajstić information content (AvgIpc) is 2.88. The van der Waals surface area contributed by atoms with Crippen LogP contribution in [0.15, 0.2) is 18.5 Å². The molecule has 82 valence electrons. The monoisotopic (exact) mass is 208 g/mol. The van der Waals surface area contributed by atoms with E-state index >= 15 is 0 Å². The molecule has 0 spiro atoms. The lowest BCUT2D eigenvalue weighted by Crippen LogP contribution is -2.40. The molecule has 1 aliphatic rings. The maximum atomic E-state index is 11.8. The van der Waals surface area contributed by atoms with Crippen LogP contribution in [0.1, 0.15) is 19.4 Å². The molecule has 1 aromatic heterocycles. The lowest BCUT2D eigenvalue weighted by atomic mass is 10.2. The Morgan fingerprint density at radius 2 is 2.60 bits per heavy atom. The van der Waals surface area contributed by atoms with Gasteiger partial charge in [-0.1, -0.05) is 0 Å². The number of hydrogen-bond acceptors (Lipinski definition) is 3. The first-order chi connectivity index (χ1) is 7.27. The number of carbonyl (C=O) groups is 1. The van der Waals surface area contributed by atoms with Gasteiger partial charge in [0.2, 0.25) is 5.91 Å². The second kappa shape index (κ2) is 4.44. The van der Waals surface area contributed by atoms with Gasteiger partial charge < -0.3 is 10.6 Å². The second-order valence-corrected chi connectivity index (χ2v) is 3.86. The van der Waals surface area contributed by atoms with Crippen LogP contribution in [0.2, 0.25) is 0 Å². The van der Waals surface area contributed by atoms with E-state index in [-0.39, 0.29) is 18.0 Å². The Kier molecular flexibility index (Phi) is 3.01. The molecular formula is C10H16N4O. The topological polar surface area (TPSA) is 59.0 Å². The lowest BCUT2D eigenvalue weighted by molar-refractivity contribution is -0.124. The molecule has 0 aliphatic carbocycles. The number of hydrogen-bond donors (Lipinski definition) is 2. The first kappa shape index (κ1) is 10.2. The summed E-state index contributed by atoms with van der Waals surface area (Å²) in [5.74, 6) is 0.0346. The molecule has 1 fully saturated rings. The third-order valence-corrected chi connectivity index (χ3v) is 2.71. The molecule has 0 bridgehead atoms. The SMILES string of the molecule is CC(C(=O)N[C@@H]1CCNC1)n1cccn1. The lowest BCUT2D eigenvalue weighted by Gasteiger charge is -2.16. The average molecular weight is 208 g/mol. The summed E-state index contributed by atoms with van der Waals surface area (Å²) in [6.45, 7) is 3.71. The minimum atomic E-state index is -0.236. The van der Waals surface area contributed by atoms with Gasteiger partial charge >= 0.3 is 0 Å². The number of nitrogens with zero attached hydrogens (tertiary/aromatic N) is 2. The van der Waals surface area contributed by atoms with Gasteiger partial charge in [0.05, 0.1) is 0 Å². The fraction of sp³-hybridized carbons (Fsp3) is 0.600. The summed E-state index contributed by atoms with van der Waals surface area (Å²) in [6.07, 6.45) is 4.50. The molecule has 2 heterocycles. The normalized spacial score (nSPS) is 22.6. The van der Waals surface area contributed by atoms with Crippen molar-refractivity contribution in [2.45, 2.75) is 25.4 Å². The van der Waals surface area contributed by atoms with Gasteiger partial charge in [-0.05, 0) is 26.0 Å². The van der Waals surface area contributed by atoms with Crippen molar-refractivity contribution in [1.82, 2.24) is 20.4 Å². The smallest absolute Gasteiger partial charge is 0.244 e. The Labute approximate surface area is 88.8 Å². The van der Waals surface area contributed by atoms with Crippen molar-refractivity contribution in [3.8, 4) is 0 Å². The van der Waals surface area contributed by atoms with E-state index in [2.05, 4.69) is 15.7 Å². The predicted molar refractivity (Wildman–Crippen MR) is 56.4 cm³/mol. The van der Waals surface area contributed by atoms with E-state index in [0.29, 0.717) is 0 Å². The van der Waals surface area contributed by atoms with Crippen LogP contribution in [0.25, 0.3) is 0 Å². The zero-order valence-electron chi connectivity index (χ0n) is 8.81. The zero-order valence-corrected chi connectivity index (χ0v) is 8.81. The van der Waals surface area contributed by atoms with Crippen molar-refractivity contribution in [3.05, 3.63) is 18.5 Å². The number of nitrogens with one attached hydrogen (secondary N) is 2. The maximum Gasteiger partial charge on any atom is 0.244 e. The van der Waals surface area contributed by atoms with Gasteiger partial charge in [-0.2, -0.15) is 5.10 Å². The van der Waals surface area contributed by atoms with Crippen LogP contribution >= 0.6 is 0 Å². The molecule has 15 heavy (non-hydrogen) atoms. The Bertz CT molecular complexity index is 316. The molecule has 1 aromatic rings. The fourth-order valence-electron chi connectivity index (χ4n) is 1.73. The highest BCUT2D eigenvalue weighted by Gasteiger charge is 2.21. The quantitative estimate of drug-likeness (QED) is 0.730. The van der Waals surface area contributed by atoms with Crippen LogP contribution in [0.4, 0.5) is 0 Å². The van der Waals surface area contributed by atoms with E-state index in [1.807, 2.05) is 13.0 Å². The molecule has 1 amide bonds. The third-order valence-electron chi connectivity index (χ3n) is 2.71. The van der Waals surface area contributed by atoms with Gasteiger partial charge in [-0.15, -0.1) is 0 Å². The van der Waals surface area contributed by atoms with Crippen molar-refractivity contribution in [3.63, 3.8) is 0 Å². The Balaban J connectivity index is 1.90. The molecule has 2 rings (SSSR count). The number of carbonyl (C=O) groups excluding carboxylic acids is 1. The van der Waals surface area contributed by atoms with E-state index in [9.17, 15) is 4.79 Å². The Morgan fingerprint density at radius 3 is 3.20 bits per heavy atom. The molecule has 1 saturated heterocycles. The summed E-state index contributed by atoms with van der Waals surface area (Å²) < 4.78 is 1.66. The van der Waals surface area contributed by atoms with Crippen molar-refractivity contribution in [2.75, 3.05) is 13.1 Å². The van der Waals surface area contributed by atoms with Crippen molar-refractivity contribution >= 4 is 5.91 Å². The molecule has 0 aromatic carbocycles. The Morgan fingerprint density at radius 1 is 1.73 bits per heavy atom. The molecule has 2 atom stereocenters. The molecule has 5 nitrogen and oxygen atoms in total. The van der Waals surface area contributed by atoms with Gasteiger partial charge in [-0.3, -0.25) is 9.48 Å². The number of amides is 1. The van der Waals surface area contributed by atoms with Gasteiger partial charge in [0.1, 0.15) is 6.04 Å². The van der Waals surface area contributed by atoms with Crippen molar-refractivity contribution < 1.29 is 4.79 Å². The van der Waals surface area contributed by atoms with E-state index < -0.39 is 0 Å². The van der Waals surface area contributed by atoms with Gasteiger partial charge in [0.25, 0.3) is 0 Å². The van der Waals surface area contributed by atoms with Crippen molar-refractivity contribution in [1.29, 1.82) is 0 Å². The molecule has 0 saturated carbocycles. The van der Waals surface area contributed by atoms with E-state index in [1.165, 1.54) is 0 Å². The Hall–Kier alpha value is -1.36. The third kappa shape index (κ3) is 2.36. The maximum absolute atomic E-state index is 11.8. The summed E-state index contributed by atoms with van der Waals surface area (Å²) in [6, 6.07) is 1.86. The van der Waals surface area contributed by atoms with E-state index in [1.54, 1.807) is 17.1 Å². The van der Waals surface area contributed by atoms with Crippen LogP contribution in [0.5, 0.6) is 0 Å². The highest BCUT2D eigenvalue weighted by Crippen LogP contribution is 2.05. The molecular weight excluding hydrogens is 192 g/mol. The standard InChI is InChI=1S/C10H16N4O/c1-8(14-6-2-4-12-14)10(15)13-9-3-5-11-7-9/h2,4,6,8-9,11H,3,5,7H2,1H3,(H,13,15)/t8?,9-/m1/s1. The molecule has 5 heteroatoms. The number of aromatic nitrogens is 2. The second-order valence-electron chi connectivity index (χ2n) is 3.86. The number of rotatable bonds is 3. The minimum absolute atomic E-state index is 0.0346. The summed E-state index contributed by atoms with van der Waals surface area (Å²) in [7, 11) is 0. The predicted octanol–water partition coefficient (Wildman–Crippen LogP) is -0.0778. The van der Waals surface area contributed by atoms with Crippen molar-refractivity contribution in [2.24, 2.45) is 0 Å². The minimum Gasteiger partial charge on any atom is -0.350 e. The highest BCUT2D eigenvalue weighted by molar-refractivity contribution is 5.80. The van der Waals surface area contributed by atoms with E-state index in [4.69, 9.17) is 0 Å². The van der Waals surface area contributed by atoms with Crippen LogP contribution in [0, 0.1) is 0 Å².